The third kappa shape index (κ3) is 4.46. The number of benzene rings is 1. The summed E-state index contributed by atoms with van der Waals surface area (Å²) in [5.41, 5.74) is -1.05. The minimum Gasteiger partial charge on any atom is -0.400 e. The average Bonchev–Trinajstić information content (AvgIpc) is 3.49. The van der Waals surface area contributed by atoms with E-state index in [2.05, 4.69) is 9.88 Å². The summed E-state index contributed by atoms with van der Waals surface area (Å²) in [5.74, 6) is -6.19. The molecule has 210 valence electrons. The van der Waals surface area contributed by atoms with Crippen LogP contribution in [0.2, 0.25) is 0 Å². The van der Waals surface area contributed by atoms with Gasteiger partial charge in [-0.1, -0.05) is 22.6 Å². The number of aliphatic hydroxyl groups is 1. The van der Waals surface area contributed by atoms with Crippen LogP contribution in [0, 0.1) is 12.7 Å². The maximum absolute atomic E-state index is 15.4. The maximum Gasteiger partial charge on any atom is 0.326 e. The number of aryl methyl sites for hydroxylation is 1. The van der Waals surface area contributed by atoms with Gasteiger partial charge in [-0.25, -0.2) is 26.7 Å². The second kappa shape index (κ2) is 10.1. The molecule has 3 heterocycles. The smallest absolute Gasteiger partial charge is 0.326 e. The minimum absolute atomic E-state index is 0.0358. The van der Waals surface area contributed by atoms with Crippen LogP contribution < -0.4 is 9.62 Å². The number of hydrogen-bond acceptors (Lipinski definition) is 6. The minimum atomic E-state index is -3.40. The first-order chi connectivity index (χ1) is 17.9. The summed E-state index contributed by atoms with van der Waals surface area (Å²) in [4.78, 5) is 15.1. The molecule has 0 saturated carbocycles. The molecule has 2 saturated heterocycles. The van der Waals surface area contributed by atoms with Crippen LogP contribution in [0.1, 0.15) is 30.9 Å². The van der Waals surface area contributed by atoms with Crippen LogP contribution in [0.5, 0.6) is 0 Å². The maximum atomic E-state index is 15.4. The Labute approximate surface area is 217 Å². The van der Waals surface area contributed by atoms with Crippen LogP contribution in [0.4, 0.5) is 32.6 Å². The molecule has 2 aliphatic heterocycles. The van der Waals surface area contributed by atoms with Gasteiger partial charge in [-0.15, -0.1) is 0 Å². The molecule has 5 rings (SSSR count). The topological polar surface area (TPSA) is 102 Å². The summed E-state index contributed by atoms with van der Waals surface area (Å²) in [6, 6.07) is -2.56. The van der Waals surface area contributed by atoms with E-state index in [1.807, 2.05) is 0 Å². The highest BCUT2D eigenvalue weighted by atomic mass is 32.3. The van der Waals surface area contributed by atoms with E-state index >= 15 is 13.2 Å². The Kier molecular flexibility index (Phi) is 7.55. The van der Waals surface area contributed by atoms with Crippen LogP contribution in [0.15, 0.2) is 28.3 Å². The Morgan fingerprint density at radius 3 is 2.55 bits per heavy atom. The predicted octanol–water partition coefficient (Wildman–Crippen LogP) is 5.27. The Bertz CT molecular complexity index is 1330. The molecule has 8 nitrogen and oxygen atoms in total. The second-order valence-electron chi connectivity index (χ2n) is 9.37. The number of nitrogens with one attached hydrogen (secondary N) is 1. The molecule has 2 aromatic rings. The number of nitrogens with zero attached hydrogens (tertiary/aromatic N) is 3. The summed E-state index contributed by atoms with van der Waals surface area (Å²) in [6.45, 7) is 2.18. The number of hydrogen-bond donors (Lipinski definition) is 3. The van der Waals surface area contributed by atoms with Crippen molar-refractivity contribution in [3.8, 4) is 0 Å². The van der Waals surface area contributed by atoms with Crippen molar-refractivity contribution in [2.24, 2.45) is 0 Å². The number of amides is 2. The van der Waals surface area contributed by atoms with E-state index in [1.54, 1.807) is 6.92 Å². The lowest BCUT2D eigenvalue weighted by atomic mass is 9.92. The molecule has 1 aromatic heterocycles. The van der Waals surface area contributed by atoms with Gasteiger partial charge in [-0.3, -0.25) is 9.62 Å². The summed E-state index contributed by atoms with van der Waals surface area (Å²) in [6.07, 6.45) is 2.55. The molecule has 14 heteroatoms. The highest BCUT2D eigenvalue weighted by Gasteiger charge is 2.63. The predicted molar refractivity (Wildman–Crippen MR) is 135 cm³/mol. The van der Waals surface area contributed by atoms with Crippen LogP contribution in [0.3, 0.4) is 0 Å². The van der Waals surface area contributed by atoms with Crippen LogP contribution in [-0.2, 0) is 0 Å². The zero-order valence-electron chi connectivity index (χ0n) is 21.2. The molecule has 3 atom stereocenters. The van der Waals surface area contributed by atoms with Gasteiger partial charge in [-0.05, 0) is 37.3 Å². The number of anilines is 1. The molecule has 0 spiro atoms. The number of halogens is 5. The van der Waals surface area contributed by atoms with Gasteiger partial charge in [0.25, 0.3) is 5.92 Å². The summed E-state index contributed by atoms with van der Waals surface area (Å²) in [7, 11) is -1.48. The lowest BCUT2D eigenvalue weighted by Crippen LogP contribution is -2.49. The van der Waals surface area contributed by atoms with Gasteiger partial charge < -0.3 is 19.1 Å². The highest BCUT2D eigenvalue weighted by molar-refractivity contribution is 8.26. The Morgan fingerprint density at radius 1 is 1.26 bits per heavy atom. The van der Waals surface area contributed by atoms with E-state index in [9.17, 15) is 18.1 Å². The number of carbonyl (C=O) groups is 1. The number of aromatic nitrogens is 1. The third-order valence-electron chi connectivity index (χ3n) is 7.02. The van der Waals surface area contributed by atoms with Crippen molar-refractivity contribution in [3.05, 3.63) is 40.7 Å². The Hall–Kier alpha value is -2.68. The highest BCUT2D eigenvalue weighted by Crippen LogP contribution is 2.47. The summed E-state index contributed by atoms with van der Waals surface area (Å²) < 4.78 is 93.7. The van der Waals surface area contributed by atoms with Crippen molar-refractivity contribution >= 4 is 38.9 Å². The van der Waals surface area contributed by atoms with Crippen molar-refractivity contribution in [1.29, 1.82) is 0 Å². The number of carbonyl (C=O) groups excluding carboxylic acids is 1. The first-order valence-electron chi connectivity index (χ1n) is 11.9. The molecule has 1 aliphatic carbocycles. The fourth-order valence-electron chi connectivity index (χ4n) is 4.96. The van der Waals surface area contributed by atoms with Crippen LogP contribution in [0.25, 0.3) is 16.5 Å². The van der Waals surface area contributed by atoms with Gasteiger partial charge in [0.15, 0.2) is 11.4 Å². The number of aliphatic hydroxyl groups excluding tert-OH is 1. The van der Waals surface area contributed by atoms with Gasteiger partial charge >= 0.3 is 6.03 Å². The molecular formula is C24H29F5N4O4S. The first-order valence-corrected chi connectivity index (χ1v) is 14.0. The summed E-state index contributed by atoms with van der Waals surface area (Å²) >= 11 is 0. The molecule has 1 aromatic carbocycles. The largest absolute Gasteiger partial charge is 0.400 e. The van der Waals surface area contributed by atoms with Crippen molar-refractivity contribution < 1.29 is 40.9 Å². The number of rotatable bonds is 5. The number of urea groups is 1. The molecule has 2 amide bonds. The first kappa shape index (κ1) is 28.3. The van der Waals surface area contributed by atoms with Gasteiger partial charge in [0.2, 0.25) is 0 Å². The van der Waals surface area contributed by atoms with Crippen molar-refractivity contribution in [3.63, 3.8) is 0 Å². The van der Waals surface area contributed by atoms with E-state index in [-0.39, 0.29) is 47.5 Å². The lowest BCUT2D eigenvalue weighted by molar-refractivity contribution is -0.0325. The Balaban J connectivity index is 0.00000164. The van der Waals surface area contributed by atoms with Crippen LogP contribution >= 0.6 is 10.5 Å². The molecule has 3 aliphatic rings. The zero-order valence-corrected chi connectivity index (χ0v) is 22.0. The number of alkyl halides is 2. The third-order valence-corrected chi connectivity index (χ3v) is 8.94. The lowest BCUT2D eigenvalue weighted by Gasteiger charge is -2.35. The Morgan fingerprint density at radius 2 is 1.95 bits per heavy atom. The fraction of sp³-hybridized carbons (Fsp3) is 0.500. The van der Waals surface area contributed by atoms with E-state index in [4.69, 9.17) is 9.63 Å². The zero-order chi connectivity index (χ0) is 28.2. The number of allylic oxidation sites excluding steroid dienone is 4. The van der Waals surface area contributed by atoms with Gasteiger partial charge in [-0.2, -0.15) is 0 Å². The van der Waals surface area contributed by atoms with E-state index in [0.717, 1.165) is 23.0 Å². The van der Waals surface area contributed by atoms with Crippen LogP contribution in [-0.4, -0.2) is 76.0 Å². The average molecular weight is 565 g/mol. The molecule has 2 fully saturated rings. The molecule has 3 N–H and O–H groups in total. The SMILES string of the molecule is CCS(C)(O)N[C@@H]1CN2C(=O)N(c3noc4cc(C)c(F)c(C5=C(F)CCC=C5F)c34)C[C@@H]2C1(F)F.CO. The fourth-order valence-corrected chi connectivity index (χ4v) is 5.97. The quantitative estimate of drug-likeness (QED) is 0.428. The van der Waals surface area contributed by atoms with Gasteiger partial charge in [0.1, 0.15) is 29.6 Å². The number of fused-ring (bicyclic) bond motifs is 2. The van der Waals surface area contributed by atoms with E-state index < -0.39 is 69.7 Å². The second-order valence-corrected chi connectivity index (χ2v) is 12.3. The molecule has 0 radical (unpaired) electrons. The monoisotopic (exact) mass is 564 g/mol. The molecule has 0 bridgehead atoms. The standard InChI is InChI=1S/C23H25F5N4O3S.CH4O/c1-4-36(3,34)30-15-9-31-16(23(15,27)28)10-32(22(31)33)21-18-14(35-29-21)8-11(2)20(26)19(18)17-12(24)6-5-7-13(17)25;1-2/h6,8,15-16,30,34H,4-5,7,9-10H2,1-3H3;2H,1H3/t15-,16-;/m1./s1. The van der Waals surface area contributed by atoms with Gasteiger partial charge in [0.05, 0.1) is 17.5 Å². The normalized spacial score (nSPS) is 25.2. The summed E-state index contributed by atoms with van der Waals surface area (Å²) in [5, 5.41) is 10.7. The van der Waals surface area contributed by atoms with Gasteiger partial charge in [0, 0.05) is 31.4 Å². The molecule has 38 heavy (non-hydrogen) atoms. The van der Waals surface area contributed by atoms with Crippen molar-refractivity contribution in [2.45, 2.75) is 44.7 Å². The van der Waals surface area contributed by atoms with Crippen molar-refractivity contribution in [1.82, 2.24) is 14.8 Å². The molecule has 1 unspecified atom stereocenters. The van der Waals surface area contributed by atoms with E-state index in [0.29, 0.717) is 0 Å². The van der Waals surface area contributed by atoms with E-state index in [1.165, 1.54) is 19.2 Å². The molecular weight excluding hydrogens is 535 g/mol. The van der Waals surface area contributed by atoms with Crippen molar-refractivity contribution in [2.75, 3.05) is 37.1 Å².